The van der Waals surface area contributed by atoms with Crippen LogP contribution in [0.2, 0.25) is 0 Å². The Morgan fingerprint density at radius 3 is 2.70 bits per heavy atom. The second-order valence-electron chi connectivity index (χ2n) is 4.56. The van der Waals surface area contributed by atoms with Crippen molar-refractivity contribution in [1.82, 2.24) is 0 Å². The van der Waals surface area contributed by atoms with Crippen LogP contribution in [0.15, 0.2) is 51.4 Å². The van der Waals surface area contributed by atoms with Gasteiger partial charge in [-0.3, -0.25) is 4.79 Å². The van der Waals surface area contributed by atoms with Crippen LogP contribution in [-0.4, -0.2) is 5.78 Å². The summed E-state index contributed by atoms with van der Waals surface area (Å²) in [6.45, 7) is 1.92. The summed E-state index contributed by atoms with van der Waals surface area (Å²) in [5.74, 6) is -0.414. The second kappa shape index (κ2) is 4.87. The van der Waals surface area contributed by atoms with Gasteiger partial charge in [0.25, 0.3) is 0 Å². The summed E-state index contributed by atoms with van der Waals surface area (Å²) < 4.78 is 19.1. The SMILES string of the molecule is Cc1cccc2cc(C(=O)c3ccc(F)cc3Br)oc12. The summed E-state index contributed by atoms with van der Waals surface area (Å²) >= 11 is 3.20. The van der Waals surface area contributed by atoms with Crippen LogP contribution >= 0.6 is 15.9 Å². The number of furan rings is 1. The van der Waals surface area contributed by atoms with Crippen molar-refractivity contribution in [2.75, 3.05) is 0 Å². The predicted molar refractivity (Wildman–Crippen MR) is 78.5 cm³/mol. The summed E-state index contributed by atoms with van der Waals surface area (Å²) in [4.78, 5) is 12.4. The average Bonchev–Trinajstić information content (AvgIpc) is 2.83. The number of aryl methyl sites for hydroxylation is 1. The number of fused-ring (bicyclic) bond motifs is 1. The highest BCUT2D eigenvalue weighted by molar-refractivity contribution is 9.10. The zero-order valence-corrected chi connectivity index (χ0v) is 12.2. The molecular weight excluding hydrogens is 323 g/mol. The molecule has 1 aromatic heterocycles. The second-order valence-corrected chi connectivity index (χ2v) is 5.41. The van der Waals surface area contributed by atoms with E-state index in [9.17, 15) is 9.18 Å². The van der Waals surface area contributed by atoms with E-state index < -0.39 is 5.82 Å². The van der Waals surface area contributed by atoms with E-state index in [4.69, 9.17) is 4.42 Å². The molecule has 0 unspecified atom stereocenters. The Hall–Kier alpha value is -1.94. The van der Waals surface area contributed by atoms with Gasteiger partial charge in [-0.05, 0) is 52.7 Å². The summed E-state index contributed by atoms with van der Waals surface area (Å²) in [6, 6.07) is 11.4. The molecule has 1 heterocycles. The van der Waals surface area contributed by atoms with E-state index >= 15 is 0 Å². The monoisotopic (exact) mass is 332 g/mol. The van der Waals surface area contributed by atoms with Gasteiger partial charge in [-0.15, -0.1) is 0 Å². The molecule has 0 aliphatic heterocycles. The van der Waals surface area contributed by atoms with Crippen molar-refractivity contribution < 1.29 is 13.6 Å². The number of benzene rings is 2. The molecule has 4 heteroatoms. The number of halogens is 2. The molecule has 0 saturated carbocycles. The molecule has 0 saturated heterocycles. The topological polar surface area (TPSA) is 30.2 Å². The largest absolute Gasteiger partial charge is 0.452 e. The Labute approximate surface area is 123 Å². The first kappa shape index (κ1) is 13.1. The molecule has 3 aromatic rings. The molecule has 0 amide bonds. The Balaban J connectivity index is 2.10. The third kappa shape index (κ3) is 2.16. The standard InChI is InChI=1S/C16H10BrFO2/c1-9-3-2-4-10-7-14(20-16(9)10)15(19)12-6-5-11(18)8-13(12)17/h2-8H,1H3. The van der Waals surface area contributed by atoms with Gasteiger partial charge in [0.15, 0.2) is 5.76 Å². The molecular formula is C16H10BrFO2. The highest BCUT2D eigenvalue weighted by Gasteiger charge is 2.18. The number of carbonyl (C=O) groups excluding carboxylic acids is 1. The maximum Gasteiger partial charge on any atom is 0.229 e. The van der Waals surface area contributed by atoms with E-state index in [1.807, 2.05) is 25.1 Å². The lowest BCUT2D eigenvalue weighted by Gasteiger charge is -2.01. The lowest BCUT2D eigenvalue weighted by Crippen LogP contribution is -2.00. The van der Waals surface area contributed by atoms with Crippen LogP contribution < -0.4 is 0 Å². The van der Waals surface area contributed by atoms with Gasteiger partial charge in [-0.1, -0.05) is 18.2 Å². The molecule has 0 radical (unpaired) electrons. The molecule has 3 rings (SSSR count). The average molecular weight is 333 g/mol. The van der Waals surface area contributed by atoms with Crippen molar-refractivity contribution in [3.63, 3.8) is 0 Å². The Bertz CT molecular complexity index is 820. The van der Waals surface area contributed by atoms with Crippen molar-refractivity contribution in [2.45, 2.75) is 6.92 Å². The molecule has 2 nitrogen and oxygen atoms in total. The van der Waals surface area contributed by atoms with Crippen LogP contribution in [0, 0.1) is 12.7 Å². The smallest absolute Gasteiger partial charge is 0.229 e. The zero-order chi connectivity index (χ0) is 14.3. The summed E-state index contributed by atoms with van der Waals surface area (Å²) in [6.07, 6.45) is 0. The van der Waals surface area contributed by atoms with Crippen LogP contribution in [-0.2, 0) is 0 Å². The van der Waals surface area contributed by atoms with Crippen LogP contribution in [0.4, 0.5) is 4.39 Å². The normalized spacial score (nSPS) is 10.9. The van der Waals surface area contributed by atoms with Crippen molar-refractivity contribution in [3.05, 3.63) is 69.6 Å². The number of hydrogen-bond donors (Lipinski definition) is 0. The highest BCUT2D eigenvalue weighted by atomic mass is 79.9. The van der Waals surface area contributed by atoms with E-state index in [0.717, 1.165) is 10.9 Å². The van der Waals surface area contributed by atoms with Gasteiger partial charge in [-0.25, -0.2) is 4.39 Å². The van der Waals surface area contributed by atoms with E-state index in [1.54, 1.807) is 6.07 Å². The number of ketones is 1. The molecule has 0 aliphatic carbocycles. The summed E-state index contributed by atoms with van der Waals surface area (Å²) in [5, 5.41) is 0.881. The van der Waals surface area contributed by atoms with E-state index in [-0.39, 0.29) is 11.5 Å². The fraction of sp³-hybridized carbons (Fsp3) is 0.0625. The molecule has 0 aliphatic rings. The summed E-state index contributed by atoms with van der Waals surface area (Å²) in [5.41, 5.74) is 2.05. The van der Waals surface area contributed by atoms with Gasteiger partial charge in [0.1, 0.15) is 11.4 Å². The van der Waals surface area contributed by atoms with Gasteiger partial charge in [-0.2, -0.15) is 0 Å². The van der Waals surface area contributed by atoms with Gasteiger partial charge in [0.05, 0.1) is 0 Å². The van der Waals surface area contributed by atoms with Crippen molar-refractivity contribution in [2.24, 2.45) is 0 Å². The summed E-state index contributed by atoms with van der Waals surface area (Å²) in [7, 11) is 0. The number of carbonyl (C=O) groups is 1. The van der Waals surface area contributed by atoms with Crippen LogP contribution in [0.25, 0.3) is 11.0 Å². The molecule has 0 fully saturated rings. The molecule has 0 atom stereocenters. The third-order valence-electron chi connectivity index (χ3n) is 3.14. The van der Waals surface area contributed by atoms with Crippen molar-refractivity contribution in [1.29, 1.82) is 0 Å². The van der Waals surface area contributed by atoms with Gasteiger partial charge >= 0.3 is 0 Å². The first-order valence-corrected chi connectivity index (χ1v) is 6.84. The molecule has 0 spiro atoms. The molecule has 20 heavy (non-hydrogen) atoms. The Morgan fingerprint density at radius 1 is 1.20 bits per heavy atom. The third-order valence-corrected chi connectivity index (χ3v) is 3.80. The maximum atomic E-state index is 13.1. The van der Waals surface area contributed by atoms with Crippen LogP contribution in [0.5, 0.6) is 0 Å². The molecule has 100 valence electrons. The van der Waals surface area contributed by atoms with Crippen molar-refractivity contribution in [3.8, 4) is 0 Å². The quantitative estimate of drug-likeness (QED) is 0.626. The van der Waals surface area contributed by atoms with Gasteiger partial charge in [0.2, 0.25) is 5.78 Å². The lowest BCUT2D eigenvalue weighted by molar-refractivity contribution is 0.101. The Kier molecular flexibility index (Phi) is 3.18. The minimum absolute atomic E-state index is 0.251. The molecule has 0 N–H and O–H groups in total. The van der Waals surface area contributed by atoms with Gasteiger partial charge < -0.3 is 4.42 Å². The molecule has 0 bridgehead atoms. The van der Waals surface area contributed by atoms with E-state index in [1.165, 1.54) is 18.2 Å². The number of rotatable bonds is 2. The first-order chi connectivity index (χ1) is 9.56. The van der Waals surface area contributed by atoms with E-state index in [2.05, 4.69) is 15.9 Å². The van der Waals surface area contributed by atoms with Crippen LogP contribution in [0.3, 0.4) is 0 Å². The fourth-order valence-corrected chi connectivity index (χ4v) is 2.66. The van der Waals surface area contributed by atoms with E-state index in [0.29, 0.717) is 15.6 Å². The first-order valence-electron chi connectivity index (χ1n) is 6.05. The predicted octanol–water partition coefficient (Wildman–Crippen LogP) is 4.87. The van der Waals surface area contributed by atoms with Crippen molar-refractivity contribution >= 4 is 32.7 Å². The van der Waals surface area contributed by atoms with Crippen LogP contribution in [0.1, 0.15) is 21.7 Å². The number of para-hydroxylation sites is 1. The fourth-order valence-electron chi connectivity index (χ4n) is 2.13. The highest BCUT2D eigenvalue weighted by Crippen LogP contribution is 2.26. The number of hydrogen-bond acceptors (Lipinski definition) is 2. The zero-order valence-electron chi connectivity index (χ0n) is 10.6. The maximum absolute atomic E-state index is 13.1. The Morgan fingerprint density at radius 2 is 2.00 bits per heavy atom. The van der Waals surface area contributed by atoms with Gasteiger partial charge in [0, 0.05) is 15.4 Å². The molecule has 2 aromatic carbocycles. The lowest BCUT2D eigenvalue weighted by atomic mass is 10.1. The minimum Gasteiger partial charge on any atom is -0.452 e. The minimum atomic E-state index is -0.395.